The smallest absolute Gasteiger partial charge is 0.350 e. The van der Waals surface area contributed by atoms with Gasteiger partial charge < -0.3 is 9.88 Å². The molecule has 0 fully saturated rings. The zero-order chi connectivity index (χ0) is 47.9. The predicted octanol–water partition coefficient (Wildman–Crippen LogP) is 17.1. The van der Waals surface area contributed by atoms with E-state index < -0.39 is 0 Å². The number of para-hydroxylation sites is 2. The van der Waals surface area contributed by atoms with Gasteiger partial charge >= 0.3 is 20.1 Å². The van der Waals surface area contributed by atoms with Crippen LogP contribution in [0.15, 0.2) is 208 Å². The maximum absolute atomic E-state index is 15.0. The summed E-state index contributed by atoms with van der Waals surface area (Å²) in [5.74, 6) is -0.183. The van der Waals surface area contributed by atoms with E-state index in [1.54, 1.807) is 18.1 Å². The van der Waals surface area contributed by atoms with Crippen molar-refractivity contribution in [2.75, 3.05) is 11.9 Å². The number of halogens is 3. The predicted molar refractivity (Wildman–Crippen MR) is 296 cm³/mol. The minimum absolute atomic E-state index is 0. The van der Waals surface area contributed by atoms with Gasteiger partial charge in [0, 0.05) is 18.8 Å². The Kier molecular flexibility index (Phi) is 13.9. The first-order valence-electron chi connectivity index (χ1n) is 22.6. The van der Waals surface area contributed by atoms with E-state index in [4.69, 9.17) is 9.97 Å². The third kappa shape index (κ3) is 9.61. The van der Waals surface area contributed by atoms with Gasteiger partial charge in [-0.1, -0.05) is 200 Å². The average molecular weight is 1290 g/mol. The van der Waals surface area contributed by atoms with Crippen LogP contribution in [0.25, 0.3) is 100 Å². The molecule has 0 aliphatic heterocycles. The van der Waals surface area contributed by atoms with Gasteiger partial charge in [0.15, 0.2) is 0 Å². The van der Waals surface area contributed by atoms with Gasteiger partial charge in [-0.15, -0.1) is 71.3 Å². The fraction of sp³-hybridized carbons (Fsp3) is 0.0323. The Morgan fingerprint density at radius 3 is 1.48 bits per heavy atom. The summed E-state index contributed by atoms with van der Waals surface area (Å²) in [6.45, 7) is 2.03. The summed E-state index contributed by atoms with van der Waals surface area (Å²) in [6.07, 6.45) is 1.78. The number of rotatable bonds is 9. The topological polar surface area (TPSA) is 59.0 Å². The molecule has 0 radical (unpaired) electrons. The van der Waals surface area contributed by atoms with Crippen molar-refractivity contribution in [3.8, 4) is 78.3 Å². The Bertz CT molecular complexity index is 3670. The summed E-state index contributed by atoms with van der Waals surface area (Å²) in [5.41, 5.74) is 16.7. The SMILES string of the molecule is Cc1cccnc1-c1[c-]cc(N(C)C(=O)c2cc(-c3ccccc3-c3c[c-]c(-c4ccc5ccccc5n4)cc3Br)cc(-c3ccccc3-c3c[c-]c(-c4ccc5ccccc5n4)cc3Br)c2)c(Br)c1.[Ir+3]. The van der Waals surface area contributed by atoms with Crippen LogP contribution >= 0.6 is 47.8 Å². The summed E-state index contributed by atoms with van der Waals surface area (Å²) in [6, 6.07) is 73.7. The molecule has 11 aromatic rings. The Labute approximate surface area is 451 Å². The van der Waals surface area contributed by atoms with E-state index in [0.717, 1.165) is 119 Å². The van der Waals surface area contributed by atoms with E-state index in [0.29, 0.717) is 11.3 Å². The third-order valence-electron chi connectivity index (χ3n) is 12.6. The molecule has 9 heteroatoms. The van der Waals surface area contributed by atoms with Gasteiger partial charge in [0.1, 0.15) is 0 Å². The van der Waals surface area contributed by atoms with Crippen LogP contribution in [0.4, 0.5) is 5.69 Å². The van der Waals surface area contributed by atoms with Gasteiger partial charge in [-0.2, -0.15) is 0 Å². The zero-order valence-corrected chi connectivity index (χ0v) is 45.3. The number of carbonyl (C=O) groups excluding carboxylic acids is 1. The number of anilines is 1. The molecule has 0 aliphatic rings. The van der Waals surface area contributed by atoms with Crippen LogP contribution in [-0.2, 0) is 20.1 Å². The number of aromatic nitrogens is 3. The summed E-state index contributed by atoms with van der Waals surface area (Å²) < 4.78 is 2.55. The largest absolute Gasteiger partial charge is 3.00 e. The van der Waals surface area contributed by atoms with E-state index in [1.165, 1.54) is 0 Å². The van der Waals surface area contributed by atoms with Gasteiger partial charge in [-0.3, -0.25) is 14.8 Å². The van der Waals surface area contributed by atoms with E-state index >= 15 is 4.79 Å². The first-order chi connectivity index (χ1) is 34.2. The van der Waals surface area contributed by atoms with Crippen molar-refractivity contribution >= 4 is 81.2 Å². The quantitative estimate of drug-likeness (QED) is 0.135. The molecule has 342 valence electrons. The first-order valence-corrected chi connectivity index (χ1v) is 25.0. The number of pyridine rings is 3. The molecule has 0 saturated carbocycles. The van der Waals surface area contributed by atoms with Crippen molar-refractivity contribution in [2.45, 2.75) is 6.92 Å². The minimum Gasteiger partial charge on any atom is -0.350 e. The number of aryl methyl sites for hydroxylation is 1. The number of nitrogens with zero attached hydrogens (tertiary/aromatic N) is 4. The molecule has 3 heterocycles. The van der Waals surface area contributed by atoms with Crippen LogP contribution in [-0.4, -0.2) is 27.9 Å². The molecular weight excluding hydrogens is 1250 g/mol. The van der Waals surface area contributed by atoms with Crippen LogP contribution in [0.5, 0.6) is 0 Å². The number of hydrogen-bond acceptors (Lipinski definition) is 4. The van der Waals surface area contributed by atoms with E-state index in [1.807, 2.05) is 128 Å². The van der Waals surface area contributed by atoms with Gasteiger partial charge in [-0.05, 0) is 104 Å². The molecule has 8 aromatic carbocycles. The Hall–Kier alpha value is -6.71. The summed E-state index contributed by atoms with van der Waals surface area (Å²) in [5, 5.41) is 2.17. The second kappa shape index (κ2) is 20.6. The maximum Gasteiger partial charge on any atom is 3.00 e. The molecule has 5 nitrogen and oxygen atoms in total. The molecular formula is C62H38Br3IrN4O. The van der Waals surface area contributed by atoms with Crippen LogP contribution in [0, 0.1) is 25.1 Å². The second-order valence-electron chi connectivity index (χ2n) is 17.0. The van der Waals surface area contributed by atoms with Crippen molar-refractivity contribution < 1.29 is 24.9 Å². The summed E-state index contributed by atoms with van der Waals surface area (Å²) in [4.78, 5) is 31.2. The van der Waals surface area contributed by atoms with E-state index in [9.17, 15) is 0 Å². The average Bonchev–Trinajstić information content (AvgIpc) is 3.40. The minimum atomic E-state index is -0.183. The molecule has 1 amide bonds. The third-order valence-corrected chi connectivity index (χ3v) is 14.5. The molecule has 71 heavy (non-hydrogen) atoms. The second-order valence-corrected chi connectivity index (χ2v) is 19.6. The molecule has 11 rings (SSSR count). The zero-order valence-electron chi connectivity index (χ0n) is 38.1. The molecule has 0 aliphatic carbocycles. The van der Waals surface area contributed by atoms with Crippen LogP contribution in [0.3, 0.4) is 0 Å². The molecule has 3 aromatic heterocycles. The molecule has 0 spiro atoms. The Balaban J connectivity index is 0.00000582. The summed E-state index contributed by atoms with van der Waals surface area (Å²) >= 11 is 11.7. The monoisotopic (exact) mass is 1280 g/mol. The van der Waals surface area contributed by atoms with Crippen LogP contribution in [0.2, 0.25) is 0 Å². The number of carbonyl (C=O) groups is 1. The van der Waals surface area contributed by atoms with E-state index in [-0.39, 0.29) is 26.0 Å². The number of benzene rings is 8. The van der Waals surface area contributed by atoms with Gasteiger partial charge in [0.25, 0.3) is 0 Å². The molecule has 0 saturated heterocycles. The molecule has 0 unspecified atom stereocenters. The van der Waals surface area contributed by atoms with Gasteiger partial charge in [0.05, 0.1) is 11.0 Å². The van der Waals surface area contributed by atoms with Crippen LogP contribution in [0.1, 0.15) is 15.9 Å². The maximum atomic E-state index is 15.0. The fourth-order valence-electron chi connectivity index (χ4n) is 8.99. The molecule has 0 N–H and O–H groups in total. The number of amides is 1. The normalized spacial score (nSPS) is 11.1. The van der Waals surface area contributed by atoms with Crippen molar-refractivity contribution in [1.29, 1.82) is 0 Å². The van der Waals surface area contributed by atoms with Crippen molar-refractivity contribution in [3.63, 3.8) is 0 Å². The molecule has 0 atom stereocenters. The summed E-state index contributed by atoms with van der Waals surface area (Å²) in [7, 11) is 1.80. The van der Waals surface area contributed by atoms with Gasteiger partial charge in [0.2, 0.25) is 5.91 Å². The van der Waals surface area contributed by atoms with E-state index in [2.05, 4.69) is 138 Å². The Morgan fingerprint density at radius 2 is 0.972 bits per heavy atom. The fourth-order valence-corrected chi connectivity index (χ4v) is 10.7. The van der Waals surface area contributed by atoms with Crippen LogP contribution < -0.4 is 4.90 Å². The van der Waals surface area contributed by atoms with Gasteiger partial charge in [-0.25, -0.2) is 0 Å². The van der Waals surface area contributed by atoms with Crippen molar-refractivity contribution in [3.05, 3.63) is 237 Å². The number of fused-ring (bicyclic) bond motifs is 2. The first kappa shape index (κ1) is 47.9. The molecule has 0 bridgehead atoms. The number of hydrogen-bond donors (Lipinski definition) is 0. The van der Waals surface area contributed by atoms with Crippen molar-refractivity contribution in [1.82, 2.24) is 15.0 Å². The standard InChI is InChI=1S/C62H38Br3N4O.Ir/c1-38-12-11-31-66-61(38)43-25-30-60(55(65)37-43)69(2)62(70)46-33-44(47-15-5-7-17-49(47)51-26-21-41(35-53(51)63)58-28-23-39-13-3-9-19-56(39)67-58)32-45(34-46)48-16-6-8-18-50(48)52-27-22-42(36-54(52)64)59-29-24-40-14-4-10-20-57(40)68-59;/h3-20,23-24,26-37H,1-2H3;/q-3;+3. The Morgan fingerprint density at radius 1 is 0.493 bits per heavy atom. The van der Waals surface area contributed by atoms with Crippen molar-refractivity contribution in [2.24, 2.45) is 0 Å².